The van der Waals surface area contributed by atoms with Crippen LogP contribution in [-0.4, -0.2) is 40.9 Å². The summed E-state index contributed by atoms with van der Waals surface area (Å²) in [6.07, 6.45) is 8.08. The van der Waals surface area contributed by atoms with E-state index in [1.54, 1.807) is 0 Å². The quantitative estimate of drug-likeness (QED) is 0.847. The van der Waals surface area contributed by atoms with Crippen molar-refractivity contribution >= 4 is 0 Å². The number of rotatable bonds is 4. The first-order chi connectivity index (χ1) is 9.59. The Morgan fingerprint density at radius 3 is 2.90 bits per heavy atom. The van der Waals surface area contributed by atoms with Gasteiger partial charge in [-0.3, -0.25) is 4.68 Å². The van der Waals surface area contributed by atoms with Crippen molar-refractivity contribution in [3.8, 4) is 0 Å². The summed E-state index contributed by atoms with van der Waals surface area (Å²) in [5.41, 5.74) is 1.80. The van der Waals surface area contributed by atoms with E-state index >= 15 is 0 Å². The van der Waals surface area contributed by atoms with Crippen molar-refractivity contribution in [3.63, 3.8) is 0 Å². The first-order valence-electron chi connectivity index (χ1n) is 7.92. The van der Waals surface area contributed by atoms with E-state index in [0.717, 1.165) is 6.61 Å². The normalized spacial score (nSPS) is 30.1. The molecular weight excluding hydrogens is 250 g/mol. The molecule has 4 nitrogen and oxygen atoms in total. The Morgan fingerprint density at radius 2 is 2.25 bits per heavy atom. The predicted molar refractivity (Wildman–Crippen MR) is 79.5 cm³/mol. The minimum absolute atomic E-state index is 0.242. The van der Waals surface area contributed by atoms with Crippen LogP contribution in [0.15, 0.2) is 12.4 Å². The molecule has 4 heteroatoms. The molecule has 1 aromatic rings. The van der Waals surface area contributed by atoms with Crippen LogP contribution < -0.4 is 0 Å². The minimum Gasteiger partial charge on any atom is -0.373 e. The molecule has 20 heavy (non-hydrogen) atoms. The van der Waals surface area contributed by atoms with Gasteiger partial charge < -0.3 is 9.64 Å². The topological polar surface area (TPSA) is 30.3 Å². The molecule has 2 fully saturated rings. The van der Waals surface area contributed by atoms with Crippen LogP contribution in [0.1, 0.15) is 44.8 Å². The highest BCUT2D eigenvalue weighted by molar-refractivity contribution is 5.11. The van der Waals surface area contributed by atoms with Crippen molar-refractivity contribution in [3.05, 3.63) is 18.0 Å². The zero-order valence-electron chi connectivity index (χ0n) is 13.0. The number of nitrogens with zero attached hydrogens (tertiary/aromatic N) is 3. The molecule has 0 radical (unpaired) electrons. The number of hydrogen-bond acceptors (Lipinski definition) is 3. The van der Waals surface area contributed by atoms with Crippen LogP contribution in [0.2, 0.25) is 0 Å². The fourth-order valence-electron chi connectivity index (χ4n) is 3.70. The van der Waals surface area contributed by atoms with E-state index in [2.05, 4.69) is 30.0 Å². The van der Waals surface area contributed by atoms with Crippen molar-refractivity contribution < 1.29 is 4.74 Å². The van der Waals surface area contributed by atoms with Crippen molar-refractivity contribution in [2.45, 2.75) is 39.2 Å². The lowest BCUT2D eigenvalue weighted by Gasteiger charge is -2.50. The minimum atomic E-state index is 0.242. The SMILES string of the molecule is CCC1(C)CN(C[C@@H]2CCCO[C@H]2c2cnn(C)c2)C1. The number of ether oxygens (including phenoxy) is 1. The van der Waals surface area contributed by atoms with Gasteiger partial charge in [-0.25, -0.2) is 0 Å². The second-order valence-electron chi connectivity index (χ2n) is 6.97. The van der Waals surface area contributed by atoms with Gasteiger partial charge >= 0.3 is 0 Å². The van der Waals surface area contributed by atoms with Crippen molar-refractivity contribution in [1.82, 2.24) is 14.7 Å². The molecule has 2 aliphatic rings. The Hall–Kier alpha value is -0.870. The first-order valence-corrected chi connectivity index (χ1v) is 7.92. The lowest BCUT2D eigenvalue weighted by Crippen LogP contribution is -2.56. The molecule has 3 heterocycles. The van der Waals surface area contributed by atoms with Gasteiger partial charge in [0, 0.05) is 51.0 Å². The number of aromatic nitrogens is 2. The second-order valence-corrected chi connectivity index (χ2v) is 6.97. The summed E-state index contributed by atoms with van der Waals surface area (Å²) in [5, 5.41) is 4.30. The van der Waals surface area contributed by atoms with Crippen LogP contribution in [0.3, 0.4) is 0 Å². The van der Waals surface area contributed by atoms with Crippen molar-refractivity contribution in [2.24, 2.45) is 18.4 Å². The third-order valence-electron chi connectivity index (χ3n) is 5.06. The average Bonchev–Trinajstić information content (AvgIpc) is 2.84. The Labute approximate surface area is 122 Å². The molecule has 0 unspecified atom stereocenters. The van der Waals surface area contributed by atoms with Gasteiger partial charge in [-0.15, -0.1) is 0 Å². The van der Waals surface area contributed by atoms with Gasteiger partial charge in [-0.05, 0) is 24.7 Å². The summed E-state index contributed by atoms with van der Waals surface area (Å²) in [5.74, 6) is 0.620. The Morgan fingerprint density at radius 1 is 1.45 bits per heavy atom. The number of aryl methyl sites for hydroxylation is 1. The second kappa shape index (κ2) is 5.49. The summed E-state index contributed by atoms with van der Waals surface area (Å²) in [6.45, 7) is 9.27. The standard InChI is InChI=1S/C16H27N3O/c1-4-16(2)11-19(12-16)10-13-6-5-7-20-15(13)14-8-17-18(3)9-14/h8-9,13,15H,4-7,10-12H2,1-3H3/t13-,15+/m0/s1. The molecule has 112 valence electrons. The van der Waals surface area contributed by atoms with Crippen molar-refractivity contribution in [2.75, 3.05) is 26.2 Å². The molecule has 0 spiro atoms. The maximum atomic E-state index is 6.06. The van der Waals surface area contributed by atoms with E-state index in [0.29, 0.717) is 11.3 Å². The molecule has 2 aliphatic heterocycles. The van der Waals surface area contributed by atoms with Crippen LogP contribution in [0, 0.1) is 11.3 Å². The van der Waals surface area contributed by atoms with Crippen LogP contribution in [0.25, 0.3) is 0 Å². The van der Waals surface area contributed by atoms with Crippen LogP contribution in [-0.2, 0) is 11.8 Å². The molecule has 3 rings (SSSR count). The molecule has 0 aliphatic carbocycles. The van der Waals surface area contributed by atoms with Gasteiger partial charge in [0.05, 0.1) is 12.3 Å². The Bertz CT molecular complexity index is 450. The molecule has 0 N–H and O–H groups in total. The van der Waals surface area contributed by atoms with Crippen LogP contribution in [0.4, 0.5) is 0 Å². The van der Waals surface area contributed by atoms with Gasteiger partial charge in [0.15, 0.2) is 0 Å². The maximum Gasteiger partial charge on any atom is 0.0895 e. The average molecular weight is 277 g/mol. The largest absolute Gasteiger partial charge is 0.373 e. The van der Waals surface area contributed by atoms with E-state index in [1.807, 2.05) is 17.9 Å². The van der Waals surface area contributed by atoms with E-state index in [4.69, 9.17) is 4.74 Å². The summed E-state index contributed by atoms with van der Waals surface area (Å²) in [4.78, 5) is 2.60. The summed E-state index contributed by atoms with van der Waals surface area (Å²) in [6, 6.07) is 0. The zero-order chi connectivity index (χ0) is 14.2. The molecule has 0 aromatic carbocycles. The summed E-state index contributed by atoms with van der Waals surface area (Å²) < 4.78 is 7.93. The molecule has 1 aromatic heterocycles. The predicted octanol–water partition coefficient (Wildman–Crippen LogP) is 2.62. The molecule has 2 atom stereocenters. The molecule has 0 saturated carbocycles. The van der Waals surface area contributed by atoms with E-state index in [9.17, 15) is 0 Å². The van der Waals surface area contributed by atoms with Gasteiger partial charge in [0.25, 0.3) is 0 Å². The van der Waals surface area contributed by atoms with E-state index < -0.39 is 0 Å². The first kappa shape index (κ1) is 14.1. The summed E-state index contributed by atoms with van der Waals surface area (Å²) >= 11 is 0. The highest BCUT2D eigenvalue weighted by Crippen LogP contribution is 2.38. The third kappa shape index (κ3) is 2.77. The van der Waals surface area contributed by atoms with E-state index in [1.165, 1.54) is 44.5 Å². The van der Waals surface area contributed by atoms with Crippen LogP contribution in [0.5, 0.6) is 0 Å². The monoisotopic (exact) mass is 277 g/mol. The highest BCUT2D eigenvalue weighted by Gasteiger charge is 2.39. The summed E-state index contributed by atoms with van der Waals surface area (Å²) in [7, 11) is 1.98. The van der Waals surface area contributed by atoms with Gasteiger partial charge in [-0.1, -0.05) is 13.8 Å². The fraction of sp³-hybridized carbons (Fsp3) is 0.812. The van der Waals surface area contributed by atoms with Gasteiger partial charge in [0.1, 0.15) is 0 Å². The molecular formula is C16H27N3O. The molecule has 2 saturated heterocycles. The number of likely N-dealkylation sites (tertiary alicyclic amines) is 1. The van der Waals surface area contributed by atoms with Crippen molar-refractivity contribution in [1.29, 1.82) is 0 Å². The lowest BCUT2D eigenvalue weighted by molar-refractivity contribution is -0.0669. The van der Waals surface area contributed by atoms with Gasteiger partial charge in [-0.2, -0.15) is 5.10 Å². The highest BCUT2D eigenvalue weighted by atomic mass is 16.5. The smallest absolute Gasteiger partial charge is 0.0895 e. The Balaban J connectivity index is 1.62. The van der Waals surface area contributed by atoms with Gasteiger partial charge in [0.2, 0.25) is 0 Å². The maximum absolute atomic E-state index is 6.06. The third-order valence-corrected chi connectivity index (χ3v) is 5.06. The van der Waals surface area contributed by atoms with E-state index in [-0.39, 0.29) is 6.10 Å². The lowest BCUT2D eigenvalue weighted by atomic mass is 9.78. The molecule has 0 amide bonds. The van der Waals surface area contributed by atoms with Crippen LogP contribution >= 0.6 is 0 Å². The molecule has 0 bridgehead atoms. The fourth-order valence-corrected chi connectivity index (χ4v) is 3.70. The number of hydrogen-bond donors (Lipinski definition) is 0. The Kier molecular flexibility index (Phi) is 3.87. The zero-order valence-corrected chi connectivity index (χ0v) is 13.0.